The molecular weight excluding hydrogens is 246 g/mol. The fourth-order valence-electron chi connectivity index (χ4n) is 1.65. The number of carboxylic acids is 1. The molecule has 1 heterocycles. The number of unbranched alkanes of at least 4 members (excludes halogenated alkanes) is 1. The van der Waals surface area contributed by atoms with Gasteiger partial charge in [-0.3, -0.25) is 0 Å². The SMILES string of the molecule is CCCCC(Nc1nc(C)cc(OCC)n1)C(=O)O. The summed E-state index contributed by atoms with van der Waals surface area (Å²) in [4.78, 5) is 19.5. The van der Waals surface area contributed by atoms with Crippen molar-refractivity contribution >= 4 is 11.9 Å². The van der Waals surface area contributed by atoms with Gasteiger partial charge in [0, 0.05) is 11.8 Å². The van der Waals surface area contributed by atoms with E-state index in [0.717, 1.165) is 18.5 Å². The predicted molar refractivity (Wildman–Crippen MR) is 72.5 cm³/mol. The lowest BCUT2D eigenvalue weighted by molar-refractivity contribution is -0.138. The monoisotopic (exact) mass is 267 g/mol. The Hall–Kier alpha value is -1.85. The van der Waals surface area contributed by atoms with Crippen LogP contribution in [0, 0.1) is 6.92 Å². The fraction of sp³-hybridized carbons (Fsp3) is 0.615. The molecule has 0 spiro atoms. The molecule has 0 aliphatic rings. The van der Waals surface area contributed by atoms with E-state index in [9.17, 15) is 4.79 Å². The molecule has 0 aliphatic carbocycles. The van der Waals surface area contributed by atoms with Gasteiger partial charge < -0.3 is 15.2 Å². The number of anilines is 1. The van der Waals surface area contributed by atoms with Crippen molar-refractivity contribution in [1.82, 2.24) is 9.97 Å². The summed E-state index contributed by atoms with van der Waals surface area (Å²) >= 11 is 0. The number of hydrogen-bond donors (Lipinski definition) is 2. The Morgan fingerprint density at radius 3 is 2.79 bits per heavy atom. The lowest BCUT2D eigenvalue weighted by Gasteiger charge is -2.14. The van der Waals surface area contributed by atoms with Crippen molar-refractivity contribution in [3.8, 4) is 5.88 Å². The smallest absolute Gasteiger partial charge is 0.326 e. The fourth-order valence-corrected chi connectivity index (χ4v) is 1.65. The Balaban J connectivity index is 2.80. The normalized spacial score (nSPS) is 11.9. The molecule has 1 aromatic rings. The maximum Gasteiger partial charge on any atom is 0.326 e. The molecule has 19 heavy (non-hydrogen) atoms. The second kappa shape index (κ2) is 7.56. The van der Waals surface area contributed by atoms with Crippen LogP contribution in [0.3, 0.4) is 0 Å². The summed E-state index contributed by atoms with van der Waals surface area (Å²) in [6, 6.07) is 1.05. The molecule has 1 unspecified atom stereocenters. The maximum atomic E-state index is 11.2. The molecule has 106 valence electrons. The number of nitrogens with zero attached hydrogens (tertiary/aromatic N) is 2. The number of hydrogen-bond acceptors (Lipinski definition) is 5. The number of aromatic nitrogens is 2. The van der Waals surface area contributed by atoms with Gasteiger partial charge in [0.2, 0.25) is 11.8 Å². The molecule has 0 radical (unpaired) electrons. The van der Waals surface area contributed by atoms with Crippen LogP contribution in [0.1, 0.15) is 38.8 Å². The average molecular weight is 267 g/mol. The van der Waals surface area contributed by atoms with Gasteiger partial charge in [-0.1, -0.05) is 19.8 Å². The van der Waals surface area contributed by atoms with Crippen LogP contribution in [0.25, 0.3) is 0 Å². The highest BCUT2D eigenvalue weighted by Gasteiger charge is 2.18. The van der Waals surface area contributed by atoms with Gasteiger partial charge >= 0.3 is 5.97 Å². The molecule has 1 atom stereocenters. The minimum Gasteiger partial charge on any atom is -0.480 e. The Bertz CT molecular complexity index is 424. The van der Waals surface area contributed by atoms with E-state index in [4.69, 9.17) is 9.84 Å². The summed E-state index contributed by atoms with van der Waals surface area (Å²) in [6.45, 7) is 6.21. The van der Waals surface area contributed by atoms with Gasteiger partial charge in [-0.15, -0.1) is 0 Å². The third-order valence-corrected chi connectivity index (χ3v) is 2.57. The van der Waals surface area contributed by atoms with E-state index in [1.54, 1.807) is 6.07 Å². The summed E-state index contributed by atoms with van der Waals surface area (Å²) in [6.07, 6.45) is 2.34. The third-order valence-electron chi connectivity index (χ3n) is 2.57. The van der Waals surface area contributed by atoms with E-state index in [1.807, 2.05) is 20.8 Å². The Morgan fingerprint density at radius 2 is 2.21 bits per heavy atom. The van der Waals surface area contributed by atoms with Crippen LogP contribution in [0.5, 0.6) is 5.88 Å². The first-order chi connectivity index (χ1) is 9.06. The van der Waals surface area contributed by atoms with Gasteiger partial charge in [0.15, 0.2) is 0 Å². The standard InChI is InChI=1S/C13H21N3O3/c1-4-6-7-10(12(17)18)15-13-14-9(3)8-11(16-13)19-5-2/h8,10H,4-7H2,1-3H3,(H,17,18)(H,14,15,16). The van der Waals surface area contributed by atoms with Crippen LogP contribution in [0.2, 0.25) is 0 Å². The highest BCUT2D eigenvalue weighted by atomic mass is 16.5. The summed E-state index contributed by atoms with van der Waals surface area (Å²) in [5, 5.41) is 12.0. The Morgan fingerprint density at radius 1 is 1.47 bits per heavy atom. The van der Waals surface area contributed by atoms with Gasteiger partial charge in [0.25, 0.3) is 0 Å². The molecule has 0 aliphatic heterocycles. The van der Waals surface area contributed by atoms with E-state index < -0.39 is 12.0 Å². The second-order valence-electron chi connectivity index (χ2n) is 4.28. The van der Waals surface area contributed by atoms with Crippen molar-refractivity contribution in [1.29, 1.82) is 0 Å². The third kappa shape index (κ3) is 5.11. The summed E-state index contributed by atoms with van der Waals surface area (Å²) in [5.74, 6) is -0.138. The molecule has 1 rings (SSSR count). The molecular formula is C13H21N3O3. The van der Waals surface area contributed by atoms with Crippen LogP contribution in [0.15, 0.2) is 6.07 Å². The number of nitrogens with one attached hydrogen (secondary N) is 1. The molecule has 0 saturated heterocycles. The molecule has 1 aromatic heterocycles. The summed E-state index contributed by atoms with van der Waals surface area (Å²) < 4.78 is 5.31. The zero-order valence-electron chi connectivity index (χ0n) is 11.6. The van der Waals surface area contributed by atoms with Crippen molar-refractivity contribution < 1.29 is 14.6 Å². The molecule has 0 bridgehead atoms. The van der Waals surface area contributed by atoms with Crippen LogP contribution in [-0.4, -0.2) is 33.7 Å². The van der Waals surface area contributed by atoms with Gasteiger partial charge in [-0.25, -0.2) is 9.78 Å². The quantitative estimate of drug-likeness (QED) is 0.751. The molecule has 6 heteroatoms. The number of rotatable bonds is 8. The molecule has 0 aromatic carbocycles. The van der Waals surface area contributed by atoms with E-state index in [1.165, 1.54) is 0 Å². The van der Waals surface area contributed by atoms with Gasteiger partial charge in [0.05, 0.1) is 6.61 Å². The molecule has 0 saturated carbocycles. The summed E-state index contributed by atoms with van der Waals surface area (Å²) in [7, 11) is 0. The van der Waals surface area contributed by atoms with Crippen LogP contribution >= 0.6 is 0 Å². The maximum absolute atomic E-state index is 11.2. The van der Waals surface area contributed by atoms with Crippen LogP contribution in [0.4, 0.5) is 5.95 Å². The van der Waals surface area contributed by atoms with E-state index in [-0.39, 0.29) is 0 Å². The van der Waals surface area contributed by atoms with Crippen molar-refractivity contribution in [2.24, 2.45) is 0 Å². The van der Waals surface area contributed by atoms with Gasteiger partial charge in [-0.2, -0.15) is 4.98 Å². The van der Waals surface area contributed by atoms with E-state index >= 15 is 0 Å². The van der Waals surface area contributed by atoms with Crippen molar-refractivity contribution in [3.05, 3.63) is 11.8 Å². The predicted octanol–water partition coefficient (Wildman–Crippen LogP) is 2.24. The number of ether oxygens (including phenoxy) is 1. The largest absolute Gasteiger partial charge is 0.480 e. The number of aliphatic carboxylic acids is 1. The van der Waals surface area contributed by atoms with Crippen LogP contribution < -0.4 is 10.1 Å². The van der Waals surface area contributed by atoms with Gasteiger partial charge in [0.1, 0.15) is 6.04 Å². The van der Waals surface area contributed by atoms with Crippen molar-refractivity contribution in [2.75, 3.05) is 11.9 Å². The van der Waals surface area contributed by atoms with Crippen molar-refractivity contribution in [3.63, 3.8) is 0 Å². The molecule has 0 amide bonds. The highest BCUT2D eigenvalue weighted by Crippen LogP contribution is 2.14. The number of carboxylic acid groups (broad SMARTS) is 1. The summed E-state index contributed by atoms with van der Waals surface area (Å²) in [5.41, 5.74) is 0.737. The minimum absolute atomic E-state index is 0.298. The zero-order valence-corrected chi connectivity index (χ0v) is 11.6. The highest BCUT2D eigenvalue weighted by molar-refractivity contribution is 5.76. The first-order valence-electron chi connectivity index (χ1n) is 6.54. The minimum atomic E-state index is -0.892. The first kappa shape index (κ1) is 15.2. The number of aryl methyl sites for hydroxylation is 1. The topological polar surface area (TPSA) is 84.3 Å². The lowest BCUT2D eigenvalue weighted by Crippen LogP contribution is -2.30. The van der Waals surface area contributed by atoms with E-state index in [0.29, 0.717) is 24.9 Å². The second-order valence-corrected chi connectivity index (χ2v) is 4.28. The molecule has 2 N–H and O–H groups in total. The van der Waals surface area contributed by atoms with Crippen molar-refractivity contribution in [2.45, 2.75) is 46.1 Å². The van der Waals surface area contributed by atoms with Gasteiger partial charge in [-0.05, 0) is 20.3 Å². The number of carbonyl (C=O) groups is 1. The Kier molecular flexibility index (Phi) is 6.05. The molecule has 6 nitrogen and oxygen atoms in total. The Labute approximate surface area is 113 Å². The van der Waals surface area contributed by atoms with Crippen LogP contribution in [-0.2, 0) is 4.79 Å². The lowest BCUT2D eigenvalue weighted by atomic mass is 10.1. The van der Waals surface area contributed by atoms with E-state index in [2.05, 4.69) is 15.3 Å². The molecule has 0 fully saturated rings. The average Bonchev–Trinajstić information content (AvgIpc) is 2.33. The zero-order chi connectivity index (χ0) is 14.3. The first-order valence-corrected chi connectivity index (χ1v) is 6.54.